The Morgan fingerprint density at radius 2 is 1.84 bits per heavy atom. The SMILES string of the molecule is Cc1cc(C(=O)N(CCC#N)c2cnccc2-c2ccccc2C)cc(C(F)(F)F)c1. The van der Waals surface area contributed by atoms with Gasteiger partial charge in [0, 0.05) is 23.9 Å². The molecule has 1 amide bonds. The van der Waals surface area contributed by atoms with E-state index in [1.165, 1.54) is 24.1 Å². The van der Waals surface area contributed by atoms with Gasteiger partial charge in [0.2, 0.25) is 0 Å². The van der Waals surface area contributed by atoms with Crippen molar-refractivity contribution in [1.82, 2.24) is 4.98 Å². The van der Waals surface area contributed by atoms with Gasteiger partial charge in [-0.3, -0.25) is 9.78 Å². The van der Waals surface area contributed by atoms with E-state index in [1.807, 2.05) is 37.3 Å². The van der Waals surface area contributed by atoms with Crippen LogP contribution in [0.5, 0.6) is 0 Å². The minimum atomic E-state index is -4.57. The Morgan fingerprint density at radius 3 is 2.52 bits per heavy atom. The van der Waals surface area contributed by atoms with E-state index in [0.29, 0.717) is 16.8 Å². The number of nitrogens with zero attached hydrogens (tertiary/aromatic N) is 3. The fourth-order valence-corrected chi connectivity index (χ4v) is 3.42. The fraction of sp³-hybridized carbons (Fsp3) is 0.208. The zero-order valence-electron chi connectivity index (χ0n) is 17.1. The molecule has 0 aliphatic heterocycles. The number of alkyl halides is 3. The third-order valence-electron chi connectivity index (χ3n) is 4.87. The lowest BCUT2D eigenvalue weighted by atomic mass is 9.99. The highest BCUT2D eigenvalue weighted by molar-refractivity contribution is 6.08. The number of amides is 1. The number of aryl methyl sites for hydroxylation is 2. The minimum absolute atomic E-state index is 0.0196. The molecule has 0 saturated carbocycles. The Kier molecular flexibility index (Phi) is 6.40. The van der Waals surface area contributed by atoms with Crippen LogP contribution in [0.2, 0.25) is 0 Å². The van der Waals surface area contributed by atoms with Crippen molar-refractivity contribution in [3.05, 3.63) is 83.2 Å². The normalized spacial score (nSPS) is 11.1. The molecular weight excluding hydrogens is 403 g/mol. The first-order chi connectivity index (χ1) is 14.7. The van der Waals surface area contributed by atoms with E-state index in [1.54, 1.807) is 12.3 Å². The average molecular weight is 423 g/mol. The lowest BCUT2D eigenvalue weighted by Crippen LogP contribution is -2.32. The molecule has 7 heteroatoms. The van der Waals surface area contributed by atoms with Gasteiger partial charge in [0.15, 0.2) is 0 Å². The number of hydrogen-bond acceptors (Lipinski definition) is 3. The Balaban J connectivity index is 2.14. The van der Waals surface area contributed by atoms with Gasteiger partial charge in [-0.2, -0.15) is 18.4 Å². The number of benzene rings is 2. The molecule has 3 rings (SSSR count). The van der Waals surface area contributed by atoms with Gasteiger partial charge >= 0.3 is 6.18 Å². The van der Waals surface area contributed by atoms with E-state index in [0.717, 1.165) is 23.3 Å². The third kappa shape index (κ3) is 4.92. The molecule has 1 heterocycles. The molecule has 158 valence electrons. The van der Waals surface area contributed by atoms with Gasteiger partial charge in [-0.1, -0.05) is 24.3 Å². The topological polar surface area (TPSA) is 57.0 Å². The molecule has 4 nitrogen and oxygen atoms in total. The first-order valence-electron chi connectivity index (χ1n) is 9.60. The Labute approximate surface area is 178 Å². The van der Waals surface area contributed by atoms with Gasteiger partial charge in [-0.25, -0.2) is 0 Å². The van der Waals surface area contributed by atoms with Crippen molar-refractivity contribution in [3.8, 4) is 17.2 Å². The summed E-state index contributed by atoms with van der Waals surface area (Å²) in [5.74, 6) is -0.618. The maximum atomic E-state index is 13.4. The summed E-state index contributed by atoms with van der Waals surface area (Å²) in [6, 6.07) is 14.6. The van der Waals surface area contributed by atoms with Crippen molar-refractivity contribution >= 4 is 11.6 Å². The van der Waals surface area contributed by atoms with Crippen molar-refractivity contribution in [1.29, 1.82) is 5.26 Å². The molecule has 0 radical (unpaired) electrons. The van der Waals surface area contributed by atoms with Crippen LogP contribution in [0.3, 0.4) is 0 Å². The summed E-state index contributed by atoms with van der Waals surface area (Å²) < 4.78 is 39.9. The van der Waals surface area contributed by atoms with E-state index in [2.05, 4.69) is 4.98 Å². The highest BCUT2D eigenvalue weighted by atomic mass is 19.4. The Morgan fingerprint density at radius 1 is 1.10 bits per heavy atom. The zero-order valence-corrected chi connectivity index (χ0v) is 17.1. The summed E-state index contributed by atoms with van der Waals surface area (Å²) in [6.45, 7) is 3.46. The van der Waals surface area contributed by atoms with Gasteiger partial charge in [0.25, 0.3) is 5.91 Å². The summed E-state index contributed by atoms with van der Waals surface area (Å²) in [6.07, 6.45) is -1.46. The number of pyridine rings is 1. The van der Waals surface area contributed by atoms with Crippen molar-refractivity contribution in [2.45, 2.75) is 26.4 Å². The summed E-state index contributed by atoms with van der Waals surface area (Å²) in [4.78, 5) is 18.8. The van der Waals surface area contributed by atoms with E-state index in [-0.39, 0.29) is 18.5 Å². The van der Waals surface area contributed by atoms with Gasteiger partial charge in [0.1, 0.15) is 0 Å². The summed E-state index contributed by atoms with van der Waals surface area (Å²) >= 11 is 0. The number of hydrogen-bond donors (Lipinski definition) is 0. The lowest BCUT2D eigenvalue weighted by molar-refractivity contribution is -0.137. The maximum Gasteiger partial charge on any atom is 0.416 e. The molecule has 1 aromatic heterocycles. The van der Waals surface area contributed by atoms with Crippen LogP contribution in [0, 0.1) is 25.2 Å². The highest BCUT2D eigenvalue weighted by Gasteiger charge is 2.32. The molecule has 0 bridgehead atoms. The van der Waals surface area contributed by atoms with E-state index in [9.17, 15) is 18.0 Å². The summed E-state index contributed by atoms with van der Waals surface area (Å²) in [5.41, 5.74) is 2.33. The van der Waals surface area contributed by atoms with Crippen molar-refractivity contribution in [3.63, 3.8) is 0 Å². The van der Waals surface area contributed by atoms with Crippen LogP contribution in [-0.4, -0.2) is 17.4 Å². The lowest BCUT2D eigenvalue weighted by Gasteiger charge is -2.25. The predicted octanol–water partition coefficient (Wildman–Crippen LogP) is 5.94. The second-order valence-electron chi connectivity index (χ2n) is 7.16. The fourth-order valence-electron chi connectivity index (χ4n) is 3.42. The predicted molar refractivity (Wildman–Crippen MR) is 112 cm³/mol. The zero-order chi connectivity index (χ0) is 22.6. The van der Waals surface area contributed by atoms with Crippen LogP contribution in [0.4, 0.5) is 18.9 Å². The van der Waals surface area contributed by atoms with Crippen molar-refractivity contribution in [2.75, 3.05) is 11.4 Å². The van der Waals surface area contributed by atoms with Gasteiger partial charge in [-0.05, 0) is 54.8 Å². The summed E-state index contributed by atoms with van der Waals surface area (Å²) in [5, 5.41) is 9.09. The van der Waals surface area contributed by atoms with Gasteiger partial charge in [0.05, 0.1) is 29.9 Å². The van der Waals surface area contributed by atoms with Crippen LogP contribution < -0.4 is 4.90 Å². The molecule has 0 unspecified atom stereocenters. The van der Waals surface area contributed by atoms with Gasteiger partial charge in [-0.15, -0.1) is 0 Å². The van der Waals surface area contributed by atoms with Crippen LogP contribution in [0.1, 0.15) is 33.5 Å². The highest BCUT2D eigenvalue weighted by Crippen LogP contribution is 2.34. The van der Waals surface area contributed by atoms with Crippen LogP contribution in [-0.2, 0) is 6.18 Å². The summed E-state index contributed by atoms with van der Waals surface area (Å²) in [7, 11) is 0. The first kappa shape index (κ1) is 22.0. The molecule has 0 N–H and O–H groups in total. The van der Waals surface area contributed by atoms with Crippen LogP contribution in [0.25, 0.3) is 11.1 Å². The Hall–Kier alpha value is -3.66. The minimum Gasteiger partial charge on any atom is -0.305 e. The van der Waals surface area contributed by atoms with Crippen LogP contribution >= 0.6 is 0 Å². The monoisotopic (exact) mass is 423 g/mol. The molecule has 0 atom stereocenters. The van der Waals surface area contributed by atoms with Crippen molar-refractivity contribution < 1.29 is 18.0 Å². The van der Waals surface area contributed by atoms with E-state index in [4.69, 9.17) is 5.26 Å². The standard InChI is InChI=1S/C24H20F3N3O/c1-16-12-18(14-19(13-16)24(25,26)27)23(31)30(11-5-9-28)22-15-29-10-8-21(22)20-7-4-3-6-17(20)2/h3-4,6-8,10,12-15H,5,11H2,1-2H3. The molecular formula is C24H20F3N3O. The number of nitriles is 1. The smallest absolute Gasteiger partial charge is 0.305 e. The van der Waals surface area contributed by atoms with E-state index >= 15 is 0 Å². The number of halogens is 3. The molecule has 31 heavy (non-hydrogen) atoms. The maximum absolute atomic E-state index is 13.4. The molecule has 0 fully saturated rings. The van der Waals surface area contributed by atoms with Gasteiger partial charge < -0.3 is 4.90 Å². The molecule has 0 aliphatic rings. The average Bonchev–Trinajstić information content (AvgIpc) is 2.73. The number of carbonyl (C=O) groups excluding carboxylic acids is 1. The third-order valence-corrected chi connectivity index (χ3v) is 4.87. The quantitative estimate of drug-likeness (QED) is 0.510. The first-order valence-corrected chi connectivity index (χ1v) is 9.60. The number of carbonyl (C=O) groups is 1. The van der Waals surface area contributed by atoms with E-state index < -0.39 is 17.6 Å². The molecule has 0 saturated heterocycles. The molecule has 3 aromatic rings. The second-order valence-corrected chi connectivity index (χ2v) is 7.16. The Bertz CT molecular complexity index is 1150. The number of aromatic nitrogens is 1. The van der Waals surface area contributed by atoms with Crippen LogP contribution in [0.15, 0.2) is 60.9 Å². The molecule has 2 aromatic carbocycles. The second kappa shape index (κ2) is 9.00. The largest absolute Gasteiger partial charge is 0.416 e. The number of rotatable bonds is 5. The molecule has 0 spiro atoms. The van der Waals surface area contributed by atoms with Crippen molar-refractivity contribution in [2.24, 2.45) is 0 Å². The number of anilines is 1. The molecule has 0 aliphatic carbocycles.